The molecule has 2 aromatic carbocycles. The number of rotatable bonds is 7. The third-order valence-corrected chi connectivity index (χ3v) is 7.05. The van der Waals surface area contributed by atoms with E-state index >= 15 is 0 Å². The minimum atomic E-state index is 0.0407. The maximum atomic E-state index is 7.65. The average Bonchev–Trinajstić information content (AvgIpc) is 2.86. The lowest BCUT2D eigenvalue weighted by molar-refractivity contribution is 0.116. The summed E-state index contributed by atoms with van der Waals surface area (Å²) in [4.78, 5) is 10.3. The fourth-order valence-corrected chi connectivity index (χ4v) is 4.37. The molecule has 3 aromatic rings. The lowest BCUT2D eigenvalue weighted by Crippen LogP contribution is -2.37. The van der Waals surface area contributed by atoms with Crippen LogP contribution in [-0.2, 0) is 0 Å². The zero-order valence-electron chi connectivity index (χ0n) is 18.8. The highest BCUT2D eigenvalue weighted by atomic mass is 79.9. The Morgan fingerprint density at radius 1 is 1.29 bits per heavy atom. The number of nitrogens with zero attached hydrogens (tertiary/aromatic N) is 3. The number of piperidine rings is 1. The van der Waals surface area contributed by atoms with Crippen molar-refractivity contribution in [3.05, 3.63) is 82.4 Å². The van der Waals surface area contributed by atoms with E-state index in [0.717, 1.165) is 47.2 Å². The van der Waals surface area contributed by atoms with Gasteiger partial charge in [0.2, 0.25) is 5.69 Å². The maximum absolute atomic E-state index is 7.65. The number of aromatic nitrogens is 1. The summed E-state index contributed by atoms with van der Waals surface area (Å²) < 4.78 is 12.8. The third kappa shape index (κ3) is 4.98. The molecule has 8 heteroatoms. The summed E-state index contributed by atoms with van der Waals surface area (Å²) >= 11 is 9.68. The molecule has 34 heavy (non-hydrogen) atoms. The van der Waals surface area contributed by atoms with Gasteiger partial charge in [0, 0.05) is 59.4 Å². The lowest BCUT2D eigenvalue weighted by atomic mass is 10.1. The van der Waals surface area contributed by atoms with Crippen molar-refractivity contribution in [3.8, 4) is 11.5 Å². The van der Waals surface area contributed by atoms with Gasteiger partial charge in [0.05, 0.1) is 29.9 Å². The van der Waals surface area contributed by atoms with Crippen molar-refractivity contribution >= 4 is 55.5 Å². The van der Waals surface area contributed by atoms with Crippen molar-refractivity contribution in [2.45, 2.75) is 18.9 Å². The van der Waals surface area contributed by atoms with Crippen molar-refractivity contribution in [3.63, 3.8) is 0 Å². The number of hydrogen-bond acceptors (Lipinski definition) is 5. The molecule has 1 aromatic heterocycles. The van der Waals surface area contributed by atoms with E-state index in [-0.39, 0.29) is 6.10 Å². The topological polar surface area (TPSA) is 51.0 Å². The first-order chi connectivity index (χ1) is 16.4. The van der Waals surface area contributed by atoms with Crippen LogP contribution in [0.3, 0.4) is 0 Å². The molecule has 0 bridgehead atoms. The van der Waals surface area contributed by atoms with Gasteiger partial charge in [0.25, 0.3) is 0 Å². The molecule has 0 saturated carbocycles. The summed E-state index contributed by atoms with van der Waals surface area (Å²) in [6.45, 7) is 17.2. The molecule has 1 aliphatic heterocycles. The molecular formula is C26H24BrClN4O2. The number of pyridine rings is 1. The minimum absolute atomic E-state index is 0.0407. The van der Waals surface area contributed by atoms with Crippen LogP contribution in [-0.4, -0.2) is 36.2 Å². The molecule has 1 fully saturated rings. The predicted molar refractivity (Wildman–Crippen MR) is 142 cm³/mol. The SMILES string of the molecule is [C-]#[N+]c1cnc2cc(OC)c(OC3CCN(C(=C)C=C)CC3)cc2c1Nc1ccc(Br)c(Cl)c1. The Kier molecular flexibility index (Phi) is 7.30. The summed E-state index contributed by atoms with van der Waals surface area (Å²) in [6.07, 6.45) is 5.09. The smallest absolute Gasteiger partial charge is 0.228 e. The molecule has 174 valence electrons. The van der Waals surface area contributed by atoms with Gasteiger partial charge in [-0.15, -0.1) is 0 Å². The Labute approximate surface area is 212 Å². The van der Waals surface area contributed by atoms with E-state index in [0.29, 0.717) is 33.4 Å². The van der Waals surface area contributed by atoms with E-state index in [1.165, 1.54) is 0 Å². The molecule has 0 atom stereocenters. The van der Waals surface area contributed by atoms with E-state index in [4.69, 9.17) is 27.6 Å². The van der Waals surface area contributed by atoms with Crippen LogP contribution in [0.5, 0.6) is 11.5 Å². The predicted octanol–water partition coefficient (Wildman–Crippen LogP) is 7.50. The number of allylic oxidation sites excluding steroid dienone is 1. The van der Waals surface area contributed by atoms with Crippen LogP contribution >= 0.6 is 27.5 Å². The second-order valence-corrected chi connectivity index (χ2v) is 9.17. The van der Waals surface area contributed by atoms with Gasteiger partial charge in [-0.05, 0) is 46.3 Å². The Hall–Kier alpha value is -3.21. The van der Waals surface area contributed by atoms with Gasteiger partial charge in [0.15, 0.2) is 11.5 Å². The van der Waals surface area contributed by atoms with Crippen molar-refractivity contribution in [2.24, 2.45) is 0 Å². The number of hydrogen-bond donors (Lipinski definition) is 1. The van der Waals surface area contributed by atoms with E-state index < -0.39 is 0 Å². The average molecular weight is 540 g/mol. The van der Waals surface area contributed by atoms with Crippen LogP contribution in [0.25, 0.3) is 15.7 Å². The van der Waals surface area contributed by atoms with Gasteiger partial charge >= 0.3 is 0 Å². The van der Waals surface area contributed by atoms with Gasteiger partial charge < -0.3 is 19.7 Å². The van der Waals surface area contributed by atoms with Gasteiger partial charge in [0.1, 0.15) is 6.10 Å². The van der Waals surface area contributed by atoms with Crippen molar-refractivity contribution in [2.75, 3.05) is 25.5 Å². The van der Waals surface area contributed by atoms with Crippen LogP contribution in [0.15, 0.2) is 65.9 Å². The number of ether oxygens (including phenoxy) is 2. The third-order valence-electron chi connectivity index (χ3n) is 5.82. The summed E-state index contributed by atoms with van der Waals surface area (Å²) in [5.41, 5.74) is 3.43. The zero-order chi connectivity index (χ0) is 24.2. The molecule has 2 heterocycles. The van der Waals surface area contributed by atoms with E-state index in [1.807, 2.05) is 24.3 Å². The summed E-state index contributed by atoms with van der Waals surface area (Å²) in [6, 6.07) is 9.29. The molecule has 6 nitrogen and oxygen atoms in total. The maximum Gasteiger partial charge on any atom is 0.228 e. The van der Waals surface area contributed by atoms with Gasteiger partial charge in [-0.3, -0.25) is 4.98 Å². The summed E-state index contributed by atoms with van der Waals surface area (Å²) in [5, 5.41) is 4.68. The Morgan fingerprint density at radius 3 is 2.71 bits per heavy atom. The number of likely N-dealkylation sites (tertiary alicyclic amines) is 1. The Morgan fingerprint density at radius 2 is 2.06 bits per heavy atom. The molecule has 1 saturated heterocycles. The monoisotopic (exact) mass is 538 g/mol. The van der Waals surface area contributed by atoms with Crippen LogP contribution in [0, 0.1) is 6.57 Å². The largest absolute Gasteiger partial charge is 0.493 e. The highest BCUT2D eigenvalue weighted by Crippen LogP contribution is 2.41. The number of nitrogens with one attached hydrogen (secondary N) is 1. The van der Waals surface area contributed by atoms with Crippen molar-refractivity contribution in [1.82, 2.24) is 9.88 Å². The van der Waals surface area contributed by atoms with Crippen LogP contribution in [0.2, 0.25) is 5.02 Å². The van der Waals surface area contributed by atoms with Gasteiger partial charge in [-0.1, -0.05) is 24.8 Å². The van der Waals surface area contributed by atoms with Crippen LogP contribution in [0.1, 0.15) is 12.8 Å². The molecule has 1 aliphatic rings. The highest BCUT2D eigenvalue weighted by molar-refractivity contribution is 9.10. The number of anilines is 2. The Balaban J connectivity index is 1.68. The molecular weight excluding hydrogens is 516 g/mol. The van der Waals surface area contributed by atoms with Crippen LogP contribution < -0.4 is 14.8 Å². The zero-order valence-corrected chi connectivity index (χ0v) is 21.1. The fraction of sp³-hybridized carbons (Fsp3) is 0.231. The molecule has 0 unspecified atom stereocenters. The van der Waals surface area contributed by atoms with E-state index in [9.17, 15) is 0 Å². The molecule has 0 radical (unpaired) electrons. The van der Waals surface area contributed by atoms with Crippen molar-refractivity contribution in [1.29, 1.82) is 0 Å². The number of fused-ring (bicyclic) bond motifs is 1. The molecule has 0 spiro atoms. The second-order valence-electron chi connectivity index (χ2n) is 7.90. The lowest BCUT2D eigenvalue weighted by Gasteiger charge is -2.34. The molecule has 0 amide bonds. The standard InChI is InChI=1S/C26H24BrClN4O2/c1-5-16(2)32-10-8-18(9-11-32)34-25-13-19-22(14-24(25)33-4)30-15-23(29-3)26(19)31-17-6-7-20(27)21(28)12-17/h5-7,12-15,18H,1-2,8-11H2,4H3,(H,30,31). The molecule has 1 N–H and O–H groups in total. The number of benzene rings is 2. The quantitative estimate of drug-likeness (QED) is 0.249. The molecule has 0 aliphatic carbocycles. The van der Waals surface area contributed by atoms with Gasteiger partial charge in [-0.25, -0.2) is 4.85 Å². The first kappa shape index (κ1) is 23.9. The number of methoxy groups -OCH3 is 1. The Bertz CT molecular complexity index is 1300. The first-order valence-corrected chi connectivity index (χ1v) is 11.9. The normalized spacial score (nSPS) is 13.9. The summed E-state index contributed by atoms with van der Waals surface area (Å²) in [5.74, 6) is 1.22. The highest BCUT2D eigenvalue weighted by Gasteiger charge is 2.23. The van der Waals surface area contributed by atoms with E-state index in [2.05, 4.69) is 49.1 Å². The van der Waals surface area contributed by atoms with Crippen LogP contribution in [0.4, 0.5) is 17.1 Å². The minimum Gasteiger partial charge on any atom is -0.493 e. The molecule has 4 rings (SSSR count). The van der Waals surface area contributed by atoms with E-state index in [1.54, 1.807) is 25.4 Å². The fourth-order valence-electron chi connectivity index (χ4n) is 3.94. The summed E-state index contributed by atoms with van der Waals surface area (Å²) in [7, 11) is 1.61. The van der Waals surface area contributed by atoms with Gasteiger partial charge in [-0.2, -0.15) is 0 Å². The first-order valence-electron chi connectivity index (χ1n) is 10.8. The van der Waals surface area contributed by atoms with Crippen molar-refractivity contribution < 1.29 is 9.47 Å². The number of halogens is 2. The second kappa shape index (κ2) is 10.4.